The molecule has 2 heterocycles. The first-order valence-corrected chi connectivity index (χ1v) is 10.7. The zero-order valence-corrected chi connectivity index (χ0v) is 17.6. The lowest BCUT2D eigenvalue weighted by molar-refractivity contribution is -0.125. The van der Waals surface area contributed by atoms with E-state index in [1.54, 1.807) is 35.2 Å². The molecule has 0 spiro atoms. The number of anilines is 2. The molecule has 0 bridgehead atoms. The van der Waals surface area contributed by atoms with E-state index in [1.165, 1.54) is 16.8 Å². The average Bonchev–Trinajstić information content (AvgIpc) is 3.15. The number of amides is 4. The predicted octanol–water partition coefficient (Wildman–Crippen LogP) is 2.91. The van der Waals surface area contributed by atoms with Crippen molar-refractivity contribution in [2.24, 2.45) is 0 Å². The number of hydrazine groups is 1. The van der Waals surface area contributed by atoms with Crippen LogP contribution in [-0.2, 0) is 14.3 Å². The highest BCUT2D eigenvalue weighted by Gasteiger charge is 2.24. The van der Waals surface area contributed by atoms with Crippen LogP contribution in [0.3, 0.4) is 0 Å². The predicted molar refractivity (Wildman–Crippen MR) is 114 cm³/mol. The number of thioether (sulfide) groups is 1. The topological polar surface area (TPSA) is 91.0 Å². The Hall–Kier alpha value is -2.23. The maximum Gasteiger partial charge on any atom is 0.340 e. The molecule has 0 radical (unpaired) electrons. The Morgan fingerprint density at radius 1 is 1.34 bits per heavy atom. The van der Waals surface area contributed by atoms with Gasteiger partial charge in [-0.05, 0) is 37.1 Å². The molecule has 1 fully saturated rings. The molecule has 2 N–H and O–H groups in total. The van der Waals surface area contributed by atoms with Crippen molar-refractivity contribution in [2.75, 3.05) is 36.5 Å². The van der Waals surface area contributed by atoms with Crippen molar-refractivity contribution in [1.82, 2.24) is 10.4 Å². The van der Waals surface area contributed by atoms with Crippen LogP contribution in [0.2, 0.25) is 0 Å². The molecule has 2 aliphatic rings. The lowest BCUT2D eigenvalue weighted by Crippen LogP contribution is -2.48. The summed E-state index contributed by atoms with van der Waals surface area (Å²) in [4.78, 5) is 39.1. The Morgan fingerprint density at radius 3 is 2.72 bits per heavy atom. The number of nitrogens with one attached hydrogen (secondary N) is 2. The second-order valence-corrected chi connectivity index (χ2v) is 8.53. The first-order chi connectivity index (χ1) is 14.0. The zero-order valence-electron chi connectivity index (χ0n) is 16.0. The molecule has 1 saturated heterocycles. The standard InChI is InChI=1S/C19H23ClN4O4S/c1-2-9-24(22-18(26)15-7-8-16(20)29-15)19(27)21-13-3-5-14(6-4-13)23-10-11-28-12-17(23)25/h3-7,16H,2,8-12H2,1H3,(H,21,27)(H,22,26). The van der Waals surface area contributed by atoms with Crippen LogP contribution in [0.25, 0.3) is 0 Å². The van der Waals surface area contributed by atoms with Gasteiger partial charge in [-0.25, -0.2) is 9.80 Å². The Bertz CT molecular complexity index is 802. The molecule has 0 aliphatic carbocycles. The van der Waals surface area contributed by atoms with Crippen molar-refractivity contribution in [3.05, 3.63) is 35.2 Å². The van der Waals surface area contributed by atoms with Crippen LogP contribution in [-0.4, -0.2) is 53.9 Å². The first-order valence-electron chi connectivity index (χ1n) is 9.36. The Balaban J connectivity index is 1.60. The maximum atomic E-state index is 12.6. The molecule has 1 atom stereocenters. The van der Waals surface area contributed by atoms with Crippen molar-refractivity contribution in [2.45, 2.75) is 24.5 Å². The summed E-state index contributed by atoms with van der Waals surface area (Å²) in [5.41, 5.74) is 3.94. The second kappa shape index (κ2) is 10.00. The number of hydrogen-bond acceptors (Lipinski definition) is 5. The molecule has 156 valence electrons. The lowest BCUT2D eigenvalue weighted by Gasteiger charge is -2.27. The number of hydrogen-bond donors (Lipinski definition) is 2. The SMILES string of the molecule is CCCN(NC(=O)C1=CCC(Cl)S1)C(=O)Nc1ccc(N2CCOCC2=O)cc1. The fourth-order valence-electron chi connectivity index (χ4n) is 2.90. The quantitative estimate of drug-likeness (QED) is 0.545. The van der Waals surface area contributed by atoms with Gasteiger partial charge in [0.05, 0.1) is 16.2 Å². The Labute approximate surface area is 178 Å². The molecule has 8 nitrogen and oxygen atoms in total. The normalized spacial score (nSPS) is 19.0. The van der Waals surface area contributed by atoms with Crippen LogP contribution in [0.5, 0.6) is 0 Å². The monoisotopic (exact) mass is 438 g/mol. The Kier molecular flexibility index (Phi) is 7.40. The molecule has 3 rings (SSSR count). The van der Waals surface area contributed by atoms with Crippen molar-refractivity contribution in [3.8, 4) is 0 Å². The number of allylic oxidation sites excluding steroid dienone is 1. The molecule has 0 aromatic heterocycles. The molecule has 1 aromatic carbocycles. The number of carbonyl (C=O) groups is 3. The number of ether oxygens (including phenoxy) is 1. The van der Waals surface area contributed by atoms with E-state index >= 15 is 0 Å². The van der Waals surface area contributed by atoms with Crippen molar-refractivity contribution in [3.63, 3.8) is 0 Å². The number of morpholine rings is 1. The van der Waals surface area contributed by atoms with E-state index in [4.69, 9.17) is 16.3 Å². The summed E-state index contributed by atoms with van der Waals surface area (Å²) >= 11 is 7.28. The van der Waals surface area contributed by atoms with Crippen LogP contribution in [0.4, 0.5) is 16.2 Å². The molecule has 1 unspecified atom stereocenters. The van der Waals surface area contributed by atoms with Gasteiger partial charge >= 0.3 is 6.03 Å². The van der Waals surface area contributed by atoms with Crippen molar-refractivity contribution in [1.29, 1.82) is 0 Å². The molecular weight excluding hydrogens is 416 g/mol. The van der Waals surface area contributed by atoms with E-state index in [2.05, 4.69) is 10.7 Å². The largest absolute Gasteiger partial charge is 0.370 e. The number of carbonyl (C=O) groups excluding carboxylic acids is 3. The van der Waals surface area contributed by atoms with Crippen LogP contribution in [0, 0.1) is 0 Å². The van der Waals surface area contributed by atoms with Gasteiger partial charge in [-0.3, -0.25) is 15.0 Å². The van der Waals surface area contributed by atoms with Gasteiger partial charge in [0, 0.05) is 24.5 Å². The number of rotatable bonds is 5. The molecule has 29 heavy (non-hydrogen) atoms. The minimum atomic E-state index is -0.443. The van der Waals surface area contributed by atoms with E-state index in [1.807, 2.05) is 6.92 Å². The summed E-state index contributed by atoms with van der Waals surface area (Å²) in [6.07, 6.45) is 3.06. The summed E-state index contributed by atoms with van der Waals surface area (Å²) in [5, 5.41) is 4.02. The lowest BCUT2D eigenvalue weighted by atomic mass is 10.2. The van der Waals surface area contributed by atoms with Gasteiger partial charge in [-0.1, -0.05) is 13.0 Å². The fourth-order valence-corrected chi connectivity index (χ4v) is 4.09. The van der Waals surface area contributed by atoms with E-state index in [0.717, 1.165) is 5.69 Å². The van der Waals surface area contributed by atoms with Crippen molar-refractivity contribution < 1.29 is 19.1 Å². The maximum absolute atomic E-state index is 12.6. The smallest absolute Gasteiger partial charge is 0.340 e. The summed E-state index contributed by atoms with van der Waals surface area (Å²) in [7, 11) is 0. The van der Waals surface area contributed by atoms with E-state index < -0.39 is 6.03 Å². The van der Waals surface area contributed by atoms with Crippen LogP contribution >= 0.6 is 23.4 Å². The summed E-state index contributed by atoms with van der Waals surface area (Å²) < 4.78 is 4.98. The van der Waals surface area contributed by atoms with Crippen LogP contribution in [0.15, 0.2) is 35.2 Å². The fraction of sp³-hybridized carbons (Fsp3) is 0.421. The van der Waals surface area contributed by atoms with Gasteiger partial charge in [0.25, 0.3) is 11.8 Å². The van der Waals surface area contributed by atoms with Crippen LogP contribution < -0.4 is 15.6 Å². The molecule has 1 aromatic rings. The number of benzene rings is 1. The minimum absolute atomic E-state index is 0.0728. The minimum Gasteiger partial charge on any atom is -0.370 e. The van der Waals surface area contributed by atoms with Gasteiger partial charge in [0.1, 0.15) is 6.61 Å². The van der Waals surface area contributed by atoms with Crippen LogP contribution in [0.1, 0.15) is 19.8 Å². The number of nitrogens with zero attached hydrogens (tertiary/aromatic N) is 2. The van der Waals surface area contributed by atoms with E-state index in [-0.39, 0.29) is 23.1 Å². The summed E-state index contributed by atoms with van der Waals surface area (Å²) in [6.45, 7) is 3.34. The highest BCUT2D eigenvalue weighted by atomic mass is 35.5. The van der Waals surface area contributed by atoms with E-state index in [9.17, 15) is 14.4 Å². The summed E-state index contributed by atoms with van der Waals surface area (Å²) in [5.74, 6) is -0.439. The molecular formula is C19H23ClN4O4S. The third kappa shape index (κ3) is 5.65. The Morgan fingerprint density at radius 2 is 2.10 bits per heavy atom. The van der Waals surface area contributed by atoms with Gasteiger partial charge in [-0.2, -0.15) is 0 Å². The van der Waals surface area contributed by atoms with Gasteiger partial charge in [0.2, 0.25) is 0 Å². The molecule has 4 amide bonds. The second-order valence-electron chi connectivity index (χ2n) is 6.50. The molecule has 0 saturated carbocycles. The molecule has 2 aliphatic heterocycles. The first kappa shape index (κ1) is 21.5. The average molecular weight is 439 g/mol. The van der Waals surface area contributed by atoms with Gasteiger partial charge in [0.15, 0.2) is 0 Å². The number of halogens is 1. The molecule has 10 heteroatoms. The zero-order chi connectivity index (χ0) is 20.8. The third-order valence-corrected chi connectivity index (χ3v) is 5.81. The highest BCUT2D eigenvalue weighted by Crippen LogP contribution is 2.34. The summed E-state index contributed by atoms with van der Waals surface area (Å²) in [6, 6.07) is 6.52. The van der Waals surface area contributed by atoms with Gasteiger partial charge < -0.3 is 15.0 Å². The number of urea groups is 1. The van der Waals surface area contributed by atoms with E-state index in [0.29, 0.717) is 43.1 Å². The highest BCUT2D eigenvalue weighted by molar-refractivity contribution is 8.05. The third-order valence-electron chi connectivity index (χ3n) is 4.31. The van der Waals surface area contributed by atoms with Gasteiger partial charge in [-0.15, -0.1) is 23.4 Å². The van der Waals surface area contributed by atoms with Crippen molar-refractivity contribution >= 4 is 52.6 Å². The number of alkyl halides is 1.